The zero-order valence-corrected chi connectivity index (χ0v) is 11.4. The van der Waals surface area contributed by atoms with Crippen molar-refractivity contribution in [3.05, 3.63) is 17.5 Å². The van der Waals surface area contributed by atoms with Crippen LogP contribution in [0, 0.1) is 31.1 Å². The Labute approximate surface area is 104 Å². The summed E-state index contributed by atoms with van der Waals surface area (Å²) < 4.78 is 2.01. The lowest BCUT2D eigenvalue weighted by Crippen LogP contribution is -2.25. The van der Waals surface area contributed by atoms with E-state index in [1.165, 1.54) is 24.8 Å². The van der Waals surface area contributed by atoms with Crippen molar-refractivity contribution < 1.29 is 0 Å². The normalized spacial score (nSPS) is 16.4. The summed E-state index contributed by atoms with van der Waals surface area (Å²) in [5, 5.41) is 13.3. The Morgan fingerprint density at radius 3 is 2.47 bits per heavy atom. The lowest BCUT2D eigenvalue weighted by atomic mass is 9.79. The van der Waals surface area contributed by atoms with E-state index in [0.717, 1.165) is 5.69 Å². The first kappa shape index (κ1) is 13.8. The molecule has 1 heterocycles. The topological polar surface area (TPSA) is 41.6 Å². The SMILES string of the molecule is CC.Cc1cn(C(CC#N)C2CCC2)nc1C. The van der Waals surface area contributed by atoms with Crippen LogP contribution in [-0.4, -0.2) is 9.78 Å². The summed E-state index contributed by atoms with van der Waals surface area (Å²) in [6.45, 7) is 8.10. The number of aryl methyl sites for hydroxylation is 2. The third-order valence-corrected chi connectivity index (χ3v) is 3.50. The van der Waals surface area contributed by atoms with Crippen molar-refractivity contribution in [1.82, 2.24) is 9.78 Å². The Balaban J connectivity index is 0.000000686. The fourth-order valence-electron chi connectivity index (χ4n) is 2.14. The summed E-state index contributed by atoms with van der Waals surface area (Å²) in [7, 11) is 0. The molecule has 1 aromatic heterocycles. The smallest absolute Gasteiger partial charge is 0.0677 e. The minimum atomic E-state index is 0.302. The second kappa shape index (κ2) is 6.44. The predicted molar refractivity (Wildman–Crippen MR) is 69.7 cm³/mol. The Morgan fingerprint density at radius 1 is 1.47 bits per heavy atom. The van der Waals surface area contributed by atoms with Crippen molar-refractivity contribution in [2.45, 2.75) is 59.4 Å². The molecule has 1 aliphatic carbocycles. The van der Waals surface area contributed by atoms with E-state index in [2.05, 4.69) is 24.3 Å². The van der Waals surface area contributed by atoms with Crippen LogP contribution >= 0.6 is 0 Å². The highest BCUT2D eigenvalue weighted by Gasteiger charge is 2.29. The van der Waals surface area contributed by atoms with Crippen molar-refractivity contribution in [2.24, 2.45) is 5.92 Å². The number of nitrogens with zero attached hydrogens (tertiary/aromatic N) is 3. The van der Waals surface area contributed by atoms with Gasteiger partial charge in [-0.3, -0.25) is 4.68 Å². The van der Waals surface area contributed by atoms with E-state index in [0.29, 0.717) is 18.4 Å². The minimum Gasteiger partial charge on any atom is -0.268 e. The van der Waals surface area contributed by atoms with Crippen LogP contribution in [0.3, 0.4) is 0 Å². The van der Waals surface area contributed by atoms with Crippen LogP contribution in [-0.2, 0) is 0 Å². The molecule has 1 unspecified atom stereocenters. The highest BCUT2D eigenvalue weighted by molar-refractivity contribution is 5.13. The summed E-state index contributed by atoms with van der Waals surface area (Å²) in [6.07, 6.45) is 6.49. The van der Waals surface area contributed by atoms with Gasteiger partial charge in [0.15, 0.2) is 0 Å². The third kappa shape index (κ3) is 3.09. The molecule has 1 aliphatic rings. The van der Waals surface area contributed by atoms with Gasteiger partial charge in [-0.2, -0.15) is 10.4 Å². The van der Waals surface area contributed by atoms with Gasteiger partial charge < -0.3 is 0 Å². The summed E-state index contributed by atoms with van der Waals surface area (Å²) in [5.74, 6) is 0.670. The number of rotatable bonds is 3. The van der Waals surface area contributed by atoms with Crippen LogP contribution in [0.4, 0.5) is 0 Å². The molecule has 0 spiro atoms. The fraction of sp³-hybridized carbons (Fsp3) is 0.714. The average molecular weight is 233 g/mol. The zero-order valence-electron chi connectivity index (χ0n) is 11.4. The summed E-state index contributed by atoms with van der Waals surface area (Å²) >= 11 is 0. The molecule has 0 bridgehead atoms. The summed E-state index contributed by atoms with van der Waals surface area (Å²) in [5.41, 5.74) is 2.30. The second-order valence-corrected chi connectivity index (χ2v) is 4.50. The summed E-state index contributed by atoms with van der Waals surface area (Å²) in [6, 6.07) is 2.59. The Bertz CT molecular complexity index is 363. The van der Waals surface area contributed by atoms with Crippen LogP contribution in [0.15, 0.2) is 6.20 Å². The standard InChI is InChI=1S/C12H17N3.C2H6/c1-9-8-15(14-10(9)2)12(6-7-13)11-4-3-5-11;1-2/h8,11-12H,3-6H2,1-2H3;1-2H3. The van der Waals surface area contributed by atoms with Crippen molar-refractivity contribution in [1.29, 1.82) is 5.26 Å². The number of nitriles is 1. The molecule has 0 radical (unpaired) electrons. The second-order valence-electron chi connectivity index (χ2n) is 4.50. The van der Waals surface area contributed by atoms with Crippen molar-refractivity contribution in [2.75, 3.05) is 0 Å². The molecular formula is C14H23N3. The van der Waals surface area contributed by atoms with Gasteiger partial charge in [0, 0.05) is 6.20 Å². The van der Waals surface area contributed by atoms with E-state index in [-0.39, 0.29) is 0 Å². The maximum atomic E-state index is 8.85. The predicted octanol–water partition coefficient (Wildman–Crippen LogP) is 3.78. The molecular weight excluding hydrogens is 210 g/mol. The fourth-order valence-corrected chi connectivity index (χ4v) is 2.14. The van der Waals surface area contributed by atoms with Crippen LogP contribution in [0.5, 0.6) is 0 Å². The average Bonchev–Trinajstić information content (AvgIpc) is 2.59. The molecule has 2 rings (SSSR count). The molecule has 1 fully saturated rings. The van der Waals surface area contributed by atoms with Gasteiger partial charge in [-0.05, 0) is 38.2 Å². The van der Waals surface area contributed by atoms with Crippen molar-refractivity contribution in [3.8, 4) is 6.07 Å². The molecule has 0 N–H and O–H groups in total. The Morgan fingerprint density at radius 2 is 2.12 bits per heavy atom. The Kier molecular flexibility index (Phi) is 5.21. The highest BCUT2D eigenvalue weighted by atomic mass is 15.3. The summed E-state index contributed by atoms with van der Waals surface area (Å²) in [4.78, 5) is 0. The number of hydrogen-bond acceptors (Lipinski definition) is 2. The lowest BCUT2D eigenvalue weighted by Gasteiger charge is -2.32. The van der Waals surface area contributed by atoms with Gasteiger partial charge in [0.05, 0.1) is 24.2 Å². The first-order valence-electron chi connectivity index (χ1n) is 6.61. The number of aromatic nitrogens is 2. The van der Waals surface area contributed by atoms with E-state index in [9.17, 15) is 0 Å². The van der Waals surface area contributed by atoms with Gasteiger partial charge in [0.1, 0.15) is 0 Å². The maximum Gasteiger partial charge on any atom is 0.0677 e. The van der Waals surface area contributed by atoms with Crippen molar-refractivity contribution in [3.63, 3.8) is 0 Å². The monoisotopic (exact) mass is 233 g/mol. The molecule has 0 aliphatic heterocycles. The molecule has 3 heteroatoms. The van der Waals surface area contributed by atoms with Gasteiger partial charge in [-0.1, -0.05) is 20.3 Å². The minimum absolute atomic E-state index is 0.302. The molecule has 0 aromatic carbocycles. The number of hydrogen-bond donors (Lipinski definition) is 0. The van der Waals surface area contributed by atoms with Crippen LogP contribution in [0.1, 0.15) is 56.8 Å². The van der Waals surface area contributed by atoms with Crippen LogP contribution in [0.2, 0.25) is 0 Å². The van der Waals surface area contributed by atoms with Gasteiger partial charge in [-0.15, -0.1) is 0 Å². The molecule has 1 atom stereocenters. The van der Waals surface area contributed by atoms with Gasteiger partial charge >= 0.3 is 0 Å². The van der Waals surface area contributed by atoms with Crippen LogP contribution in [0.25, 0.3) is 0 Å². The lowest BCUT2D eigenvalue weighted by molar-refractivity contribution is 0.198. The van der Waals surface area contributed by atoms with Gasteiger partial charge in [0.2, 0.25) is 0 Å². The quantitative estimate of drug-likeness (QED) is 0.797. The van der Waals surface area contributed by atoms with E-state index >= 15 is 0 Å². The van der Waals surface area contributed by atoms with E-state index < -0.39 is 0 Å². The third-order valence-electron chi connectivity index (χ3n) is 3.50. The molecule has 3 nitrogen and oxygen atoms in total. The Hall–Kier alpha value is -1.30. The molecule has 0 amide bonds. The molecule has 94 valence electrons. The molecule has 1 saturated carbocycles. The van der Waals surface area contributed by atoms with E-state index in [4.69, 9.17) is 5.26 Å². The van der Waals surface area contributed by atoms with E-state index in [1.54, 1.807) is 0 Å². The highest BCUT2D eigenvalue weighted by Crippen LogP contribution is 2.37. The van der Waals surface area contributed by atoms with E-state index in [1.807, 2.05) is 25.5 Å². The zero-order chi connectivity index (χ0) is 12.8. The molecule has 17 heavy (non-hydrogen) atoms. The first-order valence-corrected chi connectivity index (χ1v) is 6.61. The van der Waals surface area contributed by atoms with Crippen LogP contribution < -0.4 is 0 Å². The van der Waals surface area contributed by atoms with Crippen molar-refractivity contribution >= 4 is 0 Å². The maximum absolute atomic E-state index is 8.85. The van der Waals surface area contributed by atoms with Gasteiger partial charge in [0.25, 0.3) is 0 Å². The molecule has 0 saturated heterocycles. The first-order chi connectivity index (χ1) is 8.22. The molecule has 1 aromatic rings. The van der Waals surface area contributed by atoms with Gasteiger partial charge in [-0.25, -0.2) is 0 Å². The largest absolute Gasteiger partial charge is 0.268 e.